The number of sulfonamides is 1. The summed E-state index contributed by atoms with van der Waals surface area (Å²) in [5, 5.41) is 9.39. The molecule has 0 saturated heterocycles. The molecule has 0 amide bonds. The standard InChI is InChI=1S/C13H16BrNO4S2/c1-6-9(5-10(14)20-6)21(18,19)15-12-8-3-2-7(4-8)11(12)13(16)17/h5,7-8,11-12,15H,2-4H2,1H3,(H,16,17). The van der Waals surface area contributed by atoms with Crippen LogP contribution in [-0.4, -0.2) is 25.5 Å². The summed E-state index contributed by atoms with van der Waals surface area (Å²) < 4.78 is 28.5. The summed E-state index contributed by atoms with van der Waals surface area (Å²) in [5.74, 6) is -1.23. The highest BCUT2D eigenvalue weighted by atomic mass is 79.9. The number of aryl methyl sites for hydroxylation is 1. The molecule has 4 unspecified atom stereocenters. The Balaban J connectivity index is 1.88. The van der Waals surface area contributed by atoms with Crippen molar-refractivity contribution < 1.29 is 18.3 Å². The van der Waals surface area contributed by atoms with Gasteiger partial charge in [-0.05, 0) is 60.0 Å². The topological polar surface area (TPSA) is 83.5 Å². The molecule has 21 heavy (non-hydrogen) atoms. The number of hydrogen-bond acceptors (Lipinski definition) is 4. The van der Waals surface area contributed by atoms with Crippen LogP contribution in [0.1, 0.15) is 24.1 Å². The van der Waals surface area contributed by atoms with Crippen molar-refractivity contribution >= 4 is 43.3 Å². The Morgan fingerprint density at radius 2 is 2.10 bits per heavy atom. The highest BCUT2D eigenvalue weighted by Gasteiger charge is 2.52. The summed E-state index contributed by atoms with van der Waals surface area (Å²) in [6.07, 6.45) is 2.62. The number of halogens is 1. The zero-order valence-corrected chi connectivity index (χ0v) is 14.6. The first-order chi connectivity index (χ1) is 9.79. The van der Waals surface area contributed by atoms with Crippen LogP contribution in [0.4, 0.5) is 0 Å². The molecule has 4 atom stereocenters. The Hall–Kier alpha value is -0.440. The van der Waals surface area contributed by atoms with Gasteiger partial charge in [-0.2, -0.15) is 0 Å². The fourth-order valence-corrected chi connectivity index (χ4v) is 7.50. The van der Waals surface area contributed by atoms with E-state index in [1.165, 1.54) is 11.3 Å². The van der Waals surface area contributed by atoms with Crippen molar-refractivity contribution in [3.05, 3.63) is 14.7 Å². The number of carboxylic acids is 1. The number of hydrogen-bond donors (Lipinski definition) is 2. The van der Waals surface area contributed by atoms with Crippen molar-refractivity contribution in [3.63, 3.8) is 0 Å². The Bertz CT molecular complexity index is 684. The molecule has 2 bridgehead atoms. The van der Waals surface area contributed by atoms with Crippen molar-refractivity contribution in [1.82, 2.24) is 4.72 Å². The quantitative estimate of drug-likeness (QED) is 0.823. The van der Waals surface area contributed by atoms with E-state index in [0.717, 1.165) is 23.0 Å². The Morgan fingerprint density at radius 1 is 1.43 bits per heavy atom. The summed E-state index contributed by atoms with van der Waals surface area (Å²) in [6.45, 7) is 1.75. The second-order valence-electron chi connectivity index (χ2n) is 5.82. The molecule has 0 aliphatic heterocycles. The Kier molecular flexibility index (Phi) is 3.92. The number of carboxylic acid groups (broad SMARTS) is 1. The number of carbonyl (C=O) groups is 1. The van der Waals surface area contributed by atoms with Crippen LogP contribution in [0.5, 0.6) is 0 Å². The maximum Gasteiger partial charge on any atom is 0.308 e. The second-order valence-corrected chi connectivity index (χ2v) is 10.1. The fourth-order valence-electron chi connectivity index (χ4n) is 3.76. The minimum Gasteiger partial charge on any atom is -0.481 e. The minimum absolute atomic E-state index is 0.107. The SMILES string of the molecule is Cc1sc(Br)cc1S(=O)(=O)NC1C2CCC(C2)C1C(=O)O. The van der Waals surface area contributed by atoms with Crippen molar-refractivity contribution in [2.45, 2.75) is 37.1 Å². The number of nitrogens with one attached hydrogen (secondary N) is 1. The lowest BCUT2D eigenvalue weighted by atomic mass is 9.85. The van der Waals surface area contributed by atoms with Crippen LogP contribution >= 0.6 is 27.3 Å². The van der Waals surface area contributed by atoms with Crippen LogP contribution in [-0.2, 0) is 14.8 Å². The lowest BCUT2D eigenvalue weighted by Gasteiger charge is -2.28. The molecule has 5 nitrogen and oxygen atoms in total. The largest absolute Gasteiger partial charge is 0.481 e. The van der Waals surface area contributed by atoms with Gasteiger partial charge in [0.2, 0.25) is 10.0 Å². The lowest BCUT2D eigenvalue weighted by molar-refractivity contribution is -0.144. The molecule has 1 aromatic heterocycles. The van der Waals surface area contributed by atoms with E-state index in [1.54, 1.807) is 13.0 Å². The molecule has 8 heteroatoms. The smallest absolute Gasteiger partial charge is 0.308 e. The normalized spacial score (nSPS) is 31.7. The van der Waals surface area contributed by atoms with Gasteiger partial charge in [-0.25, -0.2) is 13.1 Å². The monoisotopic (exact) mass is 393 g/mol. The summed E-state index contributed by atoms with van der Waals surface area (Å²) in [4.78, 5) is 12.4. The van der Waals surface area contributed by atoms with Crippen molar-refractivity contribution in [2.75, 3.05) is 0 Å². The van der Waals surface area contributed by atoms with Crippen LogP contribution in [0.15, 0.2) is 14.7 Å². The fraction of sp³-hybridized carbons (Fsp3) is 0.615. The van der Waals surface area contributed by atoms with E-state index in [-0.39, 0.29) is 16.7 Å². The molecule has 2 aliphatic carbocycles. The van der Waals surface area contributed by atoms with Crippen LogP contribution in [0.2, 0.25) is 0 Å². The highest BCUT2D eigenvalue weighted by molar-refractivity contribution is 9.11. The molecular formula is C13H16BrNO4S2. The first kappa shape index (κ1) is 15.5. The van der Waals surface area contributed by atoms with E-state index in [9.17, 15) is 18.3 Å². The molecule has 116 valence electrons. The predicted octanol–water partition coefficient (Wildman–Crippen LogP) is 2.60. The Morgan fingerprint density at radius 3 is 2.67 bits per heavy atom. The van der Waals surface area contributed by atoms with Gasteiger partial charge in [0.1, 0.15) is 0 Å². The van der Waals surface area contributed by atoms with Gasteiger partial charge in [-0.3, -0.25) is 4.79 Å². The molecule has 0 aromatic carbocycles. The molecule has 2 saturated carbocycles. The zero-order valence-electron chi connectivity index (χ0n) is 11.4. The summed E-state index contributed by atoms with van der Waals surface area (Å²) in [6, 6.07) is 1.09. The minimum atomic E-state index is -3.68. The van der Waals surface area contributed by atoms with Crippen molar-refractivity contribution in [1.29, 1.82) is 0 Å². The van der Waals surface area contributed by atoms with E-state index in [0.29, 0.717) is 4.88 Å². The number of aliphatic carboxylic acids is 1. The molecule has 2 aliphatic rings. The maximum absolute atomic E-state index is 12.5. The second kappa shape index (κ2) is 5.33. The van der Waals surface area contributed by atoms with E-state index in [2.05, 4.69) is 20.7 Å². The van der Waals surface area contributed by atoms with E-state index in [4.69, 9.17) is 0 Å². The van der Waals surface area contributed by atoms with Gasteiger partial charge in [0.05, 0.1) is 14.6 Å². The van der Waals surface area contributed by atoms with Crippen molar-refractivity contribution in [2.24, 2.45) is 17.8 Å². The van der Waals surface area contributed by atoms with Crippen LogP contribution in [0.25, 0.3) is 0 Å². The molecule has 0 radical (unpaired) electrons. The predicted molar refractivity (Wildman–Crippen MR) is 82.8 cm³/mol. The first-order valence-electron chi connectivity index (χ1n) is 6.80. The van der Waals surface area contributed by atoms with Crippen molar-refractivity contribution in [3.8, 4) is 0 Å². The summed E-state index contributed by atoms with van der Waals surface area (Å²) in [5.41, 5.74) is 0. The van der Waals surface area contributed by atoms with Crippen LogP contribution in [0.3, 0.4) is 0 Å². The summed E-state index contributed by atoms with van der Waals surface area (Å²) in [7, 11) is -3.68. The van der Waals surface area contributed by atoms with Gasteiger partial charge in [0.25, 0.3) is 0 Å². The average Bonchev–Trinajstić information content (AvgIpc) is 3.02. The molecule has 3 rings (SSSR count). The van der Waals surface area contributed by atoms with Gasteiger partial charge in [0.15, 0.2) is 0 Å². The molecule has 1 heterocycles. The van der Waals surface area contributed by atoms with Crippen LogP contribution < -0.4 is 4.72 Å². The van der Waals surface area contributed by atoms with Gasteiger partial charge >= 0.3 is 5.97 Å². The van der Waals surface area contributed by atoms with Gasteiger partial charge in [-0.15, -0.1) is 11.3 Å². The Labute approximate surface area is 135 Å². The molecular weight excluding hydrogens is 378 g/mol. The van der Waals surface area contributed by atoms with Gasteiger partial charge < -0.3 is 5.11 Å². The lowest BCUT2D eigenvalue weighted by Crippen LogP contribution is -2.46. The third-order valence-electron chi connectivity index (χ3n) is 4.62. The van der Waals surface area contributed by atoms with Gasteiger partial charge in [0, 0.05) is 10.9 Å². The molecule has 2 N–H and O–H groups in total. The zero-order chi connectivity index (χ0) is 15.4. The summed E-state index contributed by atoms with van der Waals surface area (Å²) >= 11 is 4.65. The van der Waals surface area contributed by atoms with Gasteiger partial charge in [-0.1, -0.05) is 0 Å². The third kappa shape index (κ3) is 2.67. The average molecular weight is 394 g/mol. The van der Waals surface area contributed by atoms with Crippen LogP contribution in [0, 0.1) is 24.7 Å². The first-order valence-corrected chi connectivity index (χ1v) is 9.90. The van der Waals surface area contributed by atoms with E-state index in [1.807, 2.05) is 0 Å². The van der Waals surface area contributed by atoms with E-state index >= 15 is 0 Å². The van der Waals surface area contributed by atoms with E-state index < -0.39 is 28.0 Å². The molecule has 2 fully saturated rings. The number of rotatable bonds is 4. The maximum atomic E-state index is 12.5. The highest BCUT2D eigenvalue weighted by Crippen LogP contribution is 2.49. The number of thiophene rings is 1. The molecule has 1 aromatic rings. The number of fused-ring (bicyclic) bond motifs is 2. The molecule has 0 spiro atoms. The third-order valence-corrected chi connectivity index (χ3v) is 7.89.